The van der Waals surface area contributed by atoms with E-state index in [-0.39, 0.29) is 13.0 Å². The number of alkyl halides is 1. The predicted octanol–water partition coefficient (Wildman–Crippen LogP) is 1.20. The fraction of sp³-hybridized carbons (Fsp3) is 0.667. The maximum absolute atomic E-state index is 14.4. The molecular weight excluding hydrogens is 279 g/mol. The number of aliphatic hydroxyl groups is 2. The number of carboxylic acids is 1. The smallest absolute Gasteiger partial charge is 0.328 e. The molecule has 0 aromatic heterocycles. The van der Waals surface area contributed by atoms with E-state index in [1.54, 1.807) is 13.8 Å². The number of hydrogen-bond donors (Lipinski definition) is 3. The van der Waals surface area contributed by atoms with Crippen LogP contribution in [-0.2, 0) is 9.53 Å². The topological polar surface area (TPSA) is 87.0 Å². The summed E-state index contributed by atoms with van der Waals surface area (Å²) in [6.45, 7) is 4.87. The van der Waals surface area contributed by atoms with E-state index < -0.39 is 34.9 Å². The van der Waals surface area contributed by atoms with Crippen LogP contribution in [0.4, 0.5) is 4.39 Å². The number of aliphatic carboxylic acids is 1. The van der Waals surface area contributed by atoms with Gasteiger partial charge in [0.25, 0.3) is 0 Å². The highest BCUT2D eigenvalue weighted by atomic mass is 19.1. The molecule has 1 saturated carbocycles. The molecule has 0 unspecified atom stereocenters. The minimum absolute atomic E-state index is 0.0757. The number of ether oxygens (including phenoxy) is 1. The molecule has 5 atom stereocenters. The number of fused-ring (bicyclic) bond motifs is 2. The summed E-state index contributed by atoms with van der Waals surface area (Å²) in [5.41, 5.74) is -3.58. The molecule has 0 spiro atoms. The number of halogens is 1. The van der Waals surface area contributed by atoms with E-state index in [9.17, 15) is 19.4 Å². The van der Waals surface area contributed by atoms with Gasteiger partial charge in [0.1, 0.15) is 11.2 Å². The fourth-order valence-electron chi connectivity index (χ4n) is 3.43. The molecule has 2 aliphatic rings. The predicted molar refractivity (Wildman–Crippen MR) is 73.5 cm³/mol. The van der Waals surface area contributed by atoms with Gasteiger partial charge in [0.2, 0.25) is 0 Å². The molecule has 2 bridgehead atoms. The van der Waals surface area contributed by atoms with Crippen LogP contribution in [0.15, 0.2) is 23.8 Å². The van der Waals surface area contributed by atoms with Crippen LogP contribution < -0.4 is 0 Å². The van der Waals surface area contributed by atoms with Crippen LogP contribution in [0.25, 0.3) is 0 Å². The first kappa shape index (κ1) is 16.1. The van der Waals surface area contributed by atoms with Crippen molar-refractivity contribution in [1.82, 2.24) is 0 Å². The highest BCUT2D eigenvalue weighted by Crippen LogP contribution is 2.58. The summed E-state index contributed by atoms with van der Waals surface area (Å²) in [6, 6.07) is 0. The fourth-order valence-corrected chi connectivity index (χ4v) is 3.43. The Kier molecular flexibility index (Phi) is 3.76. The third-order valence-electron chi connectivity index (χ3n) is 4.83. The zero-order valence-electron chi connectivity index (χ0n) is 12.3. The summed E-state index contributed by atoms with van der Waals surface area (Å²) in [7, 11) is 0. The zero-order chi connectivity index (χ0) is 16.1. The number of carbonyl (C=O) groups is 1. The Morgan fingerprint density at radius 1 is 1.43 bits per heavy atom. The molecule has 1 aliphatic heterocycles. The standard InChI is InChI=1S/C15H21FO5/c1-9(6-11(18)19)4-5-15(20)13(2)7-10(17)12(16)14(15,3)21-8-13/h4-6,10,12,17,20H,7-8H2,1-3H3,(H,18,19)/b5-4+,9-6-/t10-,12-,13+,14+,15-/m0/s1. The lowest BCUT2D eigenvalue weighted by Crippen LogP contribution is -2.67. The average Bonchev–Trinajstić information content (AvgIpc) is 2.51. The van der Waals surface area contributed by atoms with E-state index in [2.05, 4.69) is 0 Å². The van der Waals surface area contributed by atoms with Crippen LogP contribution >= 0.6 is 0 Å². The Hall–Kier alpha value is -1.24. The van der Waals surface area contributed by atoms with Crippen molar-refractivity contribution >= 4 is 5.97 Å². The van der Waals surface area contributed by atoms with Gasteiger partial charge in [0.05, 0.1) is 12.7 Å². The Morgan fingerprint density at radius 3 is 2.62 bits per heavy atom. The lowest BCUT2D eigenvalue weighted by Gasteiger charge is -2.51. The minimum Gasteiger partial charge on any atom is -0.478 e. The van der Waals surface area contributed by atoms with Gasteiger partial charge < -0.3 is 20.1 Å². The molecule has 21 heavy (non-hydrogen) atoms. The Morgan fingerprint density at radius 2 is 2.05 bits per heavy atom. The second kappa shape index (κ2) is 4.90. The molecule has 1 saturated heterocycles. The summed E-state index contributed by atoms with van der Waals surface area (Å²) in [4.78, 5) is 10.6. The highest BCUT2D eigenvalue weighted by Gasteiger charge is 2.71. The molecule has 0 aromatic rings. The second-order valence-electron chi connectivity index (χ2n) is 6.46. The van der Waals surface area contributed by atoms with Crippen molar-refractivity contribution in [1.29, 1.82) is 0 Å². The van der Waals surface area contributed by atoms with Gasteiger partial charge >= 0.3 is 5.97 Å². The summed E-state index contributed by atoms with van der Waals surface area (Å²) in [5, 5.41) is 29.6. The summed E-state index contributed by atoms with van der Waals surface area (Å²) in [6.07, 6.45) is 1.01. The molecular formula is C15H21FO5. The molecule has 0 amide bonds. The number of aliphatic hydroxyl groups excluding tert-OH is 1. The van der Waals surface area contributed by atoms with E-state index in [1.807, 2.05) is 0 Å². The SMILES string of the molecule is CC(=C/C(=O)O)/C=C/[C@]1(O)[C@@]2(C)CO[C@]1(C)[C@@H](F)[C@@H](O)C2. The van der Waals surface area contributed by atoms with E-state index in [0.29, 0.717) is 5.57 Å². The number of rotatable bonds is 3. The van der Waals surface area contributed by atoms with E-state index in [4.69, 9.17) is 9.84 Å². The summed E-state index contributed by atoms with van der Waals surface area (Å²) >= 11 is 0. The van der Waals surface area contributed by atoms with Crippen LogP contribution in [0.1, 0.15) is 27.2 Å². The normalized spacial score (nSPS) is 47.0. The largest absolute Gasteiger partial charge is 0.478 e. The third-order valence-corrected chi connectivity index (χ3v) is 4.83. The first-order valence-electron chi connectivity index (χ1n) is 6.85. The van der Waals surface area contributed by atoms with Crippen molar-refractivity contribution in [3.63, 3.8) is 0 Å². The van der Waals surface area contributed by atoms with Crippen molar-refractivity contribution in [3.05, 3.63) is 23.8 Å². The first-order valence-corrected chi connectivity index (χ1v) is 6.85. The lowest BCUT2D eigenvalue weighted by molar-refractivity contribution is -0.192. The van der Waals surface area contributed by atoms with Gasteiger partial charge in [-0.3, -0.25) is 0 Å². The van der Waals surface area contributed by atoms with Gasteiger partial charge in [-0.1, -0.05) is 13.0 Å². The highest BCUT2D eigenvalue weighted by molar-refractivity contribution is 5.81. The molecule has 2 fully saturated rings. The van der Waals surface area contributed by atoms with Gasteiger partial charge in [0, 0.05) is 11.5 Å². The molecule has 5 nitrogen and oxygen atoms in total. The zero-order valence-corrected chi connectivity index (χ0v) is 12.3. The van der Waals surface area contributed by atoms with E-state index in [1.165, 1.54) is 19.1 Å². The number of carboxylic acid groups (broad SMARTS) is 1. The van der Waals surface area contributed by atoms with Crippen LogP contribution in [0.3, 0.4) is 0 Å². The summed E-state index contributed by atoms with van der Waals surface area (Å²) < 4.78 is 19.9. The van der Waals surface area contributed by atoms with Crippen LogP contribution in [0, 0.1) is 5.41 Å². The molecule has 6 heteroatoms. The van der Waals surface area contributed by atoms with Crippen LogP contribution in [0.2, 0.25) is 0 Å². The molecule has 1 heterocycles. The molecule has 0 aromatic carbocycles. The Bertz CT molecular complexity index is 516. The van der Waals surface area contributed by atoms with Crippen LogP contribution in [-0.4, -0.2) is 51.4 Å². The molecule has 3 N–H and O–H groups in total. The van der Waals surface area contributed by atoms with Gasteiger partial charge in [0.15, 0.2) is 6.17 Å². The van der Waals surface area contributed by atoms with Crippen molar-refractivity contribution in [2.45, 2.75) is 50.7 Å². The van der Waals surface area contributed by atoms with Crippen molar-refractivity contribution in [3.8, 4) is 0 Å². The van der Waals surface area contributed by atoms with Gasteiger partial charge in [-0.15, -0.1) is 0 Å². The number of allylic oxidation sites excluding steroid dienone is 2. The molecule has 118 valence electrons. The van der Waals surface area contributed by atoms with Gasteiger partial charge in [-0.25, -0.2) is 9.18 Å². The van der Waals surface area contributed by atoms with Crippen molar-refractivity contribution in [2.75, 3.05) is 6.61 Å². The minimum atomic E-state index is -1.72. The second-order valence-corrected chi connectivity index (χ2v) is 6.46. The first-order chi connectivity index (χ1) is 9.56. The van der Waals surface area contributed by atoms with Gasteiger partial charge in [-0.05, 0) is 31.9 Å². The molecule has 2 rings (SSSR count). The molecule has 1 aliphatic carbocycles. The monoisotopic (exact) mass is 300 g/mol. The van der Waals surface area contributed by atoms with E-state index in [0.717, 1.165) is 6.08 Å². The number of hydrogen-bond acceptors (Lipinski definition) is 4. The third kappa shape index (κ3) is 2.22. The maximum Gasteiger partial charge on any atom is 0.328 e. The van der Waals surface area contributed by atoms with Crippen molar-refractivity contribution in [2.24, 2.45) is 5.41 Å². The maximum atomic E-state index is 14.4. The Labute approximate surface area is 122 Å². The van der Waals surface area contributed by atoms with Gasteiger partial charge in [-0.2, -0.15) is 0 Å². The lowest BCUT2D eigenvalue weighted by atomic mass is 9.58. The Balaban J connectivity index is 2.41. The average molecular weight is 300 g/mol. The quantitative estimate of drug-likeness (QED) is 0.538. The van der Waals surface area contributed by atoms with E-state index >= 15 is 0 Å². The van der Waals surface area contributed by atoms with Crippen LogP contribution in [0.5, 0.6) is 0 Å². The summed E-state index contributed by atoms with van der Waals surface area (Å²) in [5.74, 6) is -1.09. The van der Waals surface area contributed by atoms with Crippen molar-refractivity contribution < 1.29 is 29.2 Å². The molecule has 0 radical (unpaired) electrons.